The first-order chi connectivity index (χ1) is 7.66. The summed E-state index contributed by atoms with van der Waals surface area (Å²) in [4.78, 5) is 11.8. The van der Waals surface area contributed by atoms with Gasteiger partial charge in [0.1, 0.15) is 0 Å². The average molecular weight is 239 g/mol. The van der Waals surface area contributed by atoms with Crippen LogP contribution in [0.1, 0.15) is 18.4 Å². The lowest BCUT2D eigenvalue weighted by atomic mass is 10.1. The third-order valence-electron chi connectivity index (χ3n) is 2.82. The Morgan fingerprint density at radius 2 is 2.38 bits per heavy atom. The number of halogens is 1. The van der Waals surface area contributed by atoms with E-state index in [1.165, 1.54) is 0 Å². The van der Waals surface area contributed by atoms with E-state index in [0.29, 0.717) is 5.02 Å². The number of anilines is 1. The standard InChI is InChI=1S/C12H15ClN2O/c1-8-7-9(13)4-5-10(8)15-12(16)11-3-2-6-14-11/h4-5,7,11,14H,2-3,6H2,1H3,(H,15,16). The molecule has 1 aliphatic heterocycles. The Labute approximate surface area is 100 Å². The van der Waals surface area contributed by atoms with E-state index in [1.54, 1.807) is 6.07 Å². The number of amides is 1. The van der Waals surface area contributed by atoms with E-state index < -0.39 is 0 Å². The summed E-state index contributed by atoms with van der Waals surface area (Å²) in [5.41, 5.74) is 1.82. The third kappa shape index (κ3) is 2.54. The molecule has 4 heteroatoms. The first-order valence-corrected chi connectivity index (χ1v) is 5.85. The van der Waals surface area contributed by atoms with Gasteiger partial charge in [-0.25, -0.2) is 0 Å². The van der Waals surface area contributed by atoms with Crippen molar-refractivity contribution in [2.24, 2.45) is 0 Å². The van der Waals surface area contributed by atoms with Gasteiger partial charge in [0.2, 0.25) is 5.91 Å². The van der Waals surface area contributed by atoms with Crippen molar-refractivity contribution in [2.75, 3.05) is 11.9 Å². The van der Waals surface area contributed by atoms with Crippen LogP contribution in [0, 0.1) is 6.92 Å². The van der Waals surface area contributed by atoms with Gasteiger partial charge in [-0.15, -0.1) is 0 Å². The molecule has 0 aliphatic carbocycles. The summed E-state index contributed by atoms with van der Waals surface area (Å²) in [7, 11) is 0. The molecule has 1 aromatic carbocycles. The smallest absolute Gasteiger partial charge is 0.241 e. The monoisotopic (exact) mass is 238 g/mol. The maximum atomic E-state index is 11.8. The highest BCUT2D eigenvalue weighted by Crippen LogP contribution is 2.20. The number of aryl methyl sites for hydroxylation is 1. The van der Waals surface area contributed by atoms with Crippen LogP contribution in [0.5, 0.6) is 0 Å². The fourth-order valence-electron chi connectivity index (χ4n) is 1.90. The molecule has 0 saturated carbocycles. The van der Waals surface area contributed by atoms with Crippen molar-refractivity contribution in [3.8, 4) is 0 Å². The van der Waals surface area contributed by atoms with Gasteiger partial charge < -0.3 is 10.6 Å². The molecular formula is C12H15ClN2O. The minimum atomic E-state index is -0.0462. The van der Waals surface area contributed by atoms with E-state index in [4.69, 9.17) is 11.6 Å². The van der Waals surface area contributed by atoms with E-state index in [-0.39, 0.29) is 11.9 Å². The van der Waals surface area contributed by atoms with Crippen molar-refractivity contribution in [3.63, 3.8) is 0 Å². The minimum absolute atomic E-state index is 0.0444. The molecule has 1 aliphatic rings. The molecule has 2 N–H and O–H groups in total. The van der Waals surface area contributed by atoms with Gasteiger partial charge in [-0.2, -0.15) is 0 Å². The van der Waals surface area contributed by atoms with Crippen molar-refractivity contribution in [3.05, 3.63) is 28.8 Å². The summed E-state index contributed by atoms with van der Waals surface area (Å²) < 4.78 is 0. The Hall–Kier alpha value is -1.06. The van der Waals surface area contributed by atoms with Gasteiger partial charge in [0, 0.05) is 10.7 Å². The zero-order valence-electron chi connectivity index (χ0n) is 9.22. The summed E-state index contributed by atoms with van der Waals surface area (Å²) in [6.07, 6.45) is 1.98. The van der Waals surface area contributed by atoms with Crippen molar-refractivity contribution >= 4 is 23.2 Å². The van der Waals surface area contributed by atoms with Gasteiger partial charge >= 0.3 is 0 Å². The van der Waals surface area contributed by atoms with Gasteiger partial charge in [-0.3, -0.25) is 4.79 Å². The molecule has 0 bridgehead atoms. The van der Waals surface area contributed by atoms with Gasteiger partial charge in [0.25, 0.3) is 0 Å². The molecule has 0 aromatic heterocycles. The molecule has 1 aromatic rings. The molecule has 16 heavy (non-hydrogen) atoms. The van der Waals surface area contributed by atoms with E-state index in [9.17, 15) is 4.79 Å². The van der Waals surface area contributed by atoms with E-state index in [0.717, 1.165) is 30.6 Å². The van der Waals surface area contributed by atoms with Crippen LogP contribution in [0.15, 0.2) is 18.2 Å². The normalized spacial score (nSPS) is 19.8. The van der Waals surface area contributed by atoms with Crippen LogP contribution in [0.25, 0.3) is 0 Å². The van der Waals surface area contributed by atoms with Crippen LogP contribution >= 0.6 is 11.6 Å². The molecule has 1 fully saturated rings. The first kappa shape index (κ1) is 11.4. The van der Waals surface area contributed by atoms with E-state index in [2.05, 4.69) is 10.6 Å². The van der Waals surface area contributed by atoms with E-state index in [1.807, 2.05) is 19.1 Å². The highest BCUT2D eigenvalue weighted by molar-refractivity contribution is 6.30. The zero-order chi connectivity index (χ0) is 11.5. The van der Waals surface area contributed by atoms with Gasteiger partial charge in [-0.1, -0.05) is 11.6 Å². The number of benzene rings is 1. The maximum absolute atomic E-state index is 11.8. The Morgan fingerprint density at radius 3 is 3.00 bits per heavy atom. The van der Waals surface area contributed by atoms with Gasteiger partial charge in [-0.05, 0) is 50.1 Å². The molecule has 1 atom stereocenters. The molecule has 1 saturated heterocycles. The van der Waals surface area contributed by atoms with Crippen LogP contribution in [0.2, 0.25) is 5.02 Å². The molecule has 86 valence electrons. The summed E-state index contributed by atoms with van der Waals surface area (Å²) in [6.45, 7) is 2.86. The van der Waals surface area contributed by atoms with Crippen molar-refractivity contribution < 1.29 is 4.79 Å². The van der Waals surface area contributed by atoms with Crippen LogP contribution in [-0.2, 0) is 4.79 Å². The van der Waals surface area contributed by atoms with Gasteiger partial charge in [0.15, 0.2) is 0 Å². The lowest BCUT2D eigenvalue weighted by molar-refractivity contribution is -0.117. The summed E-state index contributed by atoms with van der Waals surface area (Å²) >= 11 is 5.86. The number of nitrogens with one attached hydrogen (secondary N) is 2. The second-order valence-corrected chi connectivity index (χ2v) is 4.53. The Balaban J connectivity index is 2.05. The first-order valence-electron chi connectivity index (χ1n) is 5.47. The molecule has 3 nitrogen and oxygen atoms in total. The minimum Gasteiger partial charge on any atom is -0.324 e. The zero-order valence-corrected chi connectivity index (χ0v) is 9.97. The van der Waals surface area contributed by atoms with Crippen LogP contribution in [0.3, 0.4) is 0 Å². The fourth-order valence-corrected chi connectivity index (χ4v) is 2.12. The Kier molecular flexibility index (Phi) is 3.46. The topological polar surface area (TPSA) is 41.1 Å². The lowest BCUT2D eigenvalue weighted by Gasteiger charge is -2.12. The molecule has 0 spiro atoms. The van der Waals surface area contributed by atoms with Crippen LogP contribution < -0.4 is 10.6 Å². The number of carbonyl (C=O) groups is 1. The fraction of sp³-hybridized carbons (Fsp3) is 0.417. The molecule has 0 radical (unpaired) electrons. The van der Waals surface area contributed by atoms with Crippen LogP contribution in [0.4, 0.5) is 5.69 Å². The summed E-state index contributed by atoms with van der Waals surface area (Å²) in [6, 6.07) is 5.42. The second kappa shape index (κ2) is 4.85. The maximum Gasteiger partial charge on any atom is 0.241 e. The predicted octanol–water partition coefficient (Wildman–Crippen LogP) is 2.34. The average Bonchev–Trinajstić information content (AvgIpc) is 2.75. The van der Waals surface area contributed by atoms with E-state index >= 15 is 0 Å². The van der Waals surface area contributed by atoms with Crippen molar-refractivity contribution in [2.45, 2.75) is 25.8 Å². The summed E-state index contributed by atoms with van der Waals surface area (Å²) in [5, 5.41) is 6.78. The number of rotatable bonds is 2. The number of hydrogen-bond donors (Lipinski definition) is 2. The molecule has 1 unspecified atom stereocenters. The Bertz CT molecular complexity index is 400. The molecule has 1 amide bonds. The highest BCUT2D eigenvalue weighted by atomic mass is 35.5. The van der Waals surface area contributed by atoms with Crippen LogP contribution in [-0.4, -0.2) is 18.5 Å². The van der Waals surface area contributed by atoms with Crippen molar-refractivity contribution in [1.82, 2.24) is 5.32 Å². The molecular weight excluding hydrogens is 224 g/mol. The number of carbonyl (C=O) groups excluding carboxylic acids is 1. The van der Waals surface area contributed by atoms with Crippen molar-refractivity contribution in [1.29, 1.82) is 0 Å². The van der Waals surface area contributed by atoms with Gasteiger partial charge in [0.05, 0.1) is 6.04 Å². The second-order valence-electron chi connectivity index (χ2n) is 4.10. The third-order valence-corrected chi connectivity index (χ3v) is 3.06. The SMILES string of the molecule is Cc1cc(Cl)ccc1NC(=O)C1CCCN1. The predicted molar refractivity (Wildman–Crippen MR) is 65.8 cm³/mol. The highest BCUT2D eigenvalue weighted by Gasteiger charge is 2.22. The summed E-state index contributed by atoms with van der Waals surface area (Å²) in [5.74, 6) is 0.0444. The molecule has 2 rings (SSSR count). The largest absolute Gasteiger partial charge is 0.324 e. The quantitative estimate of drug-likeness (QED) is 0.831. The Morgan fingerprint density at radius 1 is 1.56 bits per heavy atom. The molecule has 1 heterocycles. The lowest BCUT2D eigenvalue weighted by Crippen LogP contribution is -2.35. The number of hydrogen-bond acceptors (Lipinski definition) is 2.